The molecule has 1 unspecified atom stereocenters. The molecular formula is C11H14ClN3O5S. The molecule has 0 aliphatic heterocycles. The number of carbonyl (C=O) groups excluding carboxylic acids is 1. The molecule has 0 aliphatic rings. The highest BCUT2D eigenvalue weighted by molar-refractivity contribution is 7.90. The summed E-state index contributed by atoms with van der Waals surface area (Å²) in [5, 5.41) is 13.3. The van der Waals surface area contributed by atoms with E-state index in [1.54, 1.807) is 0 Å². The lowest BCUT2D eigenvalue weighted by Gasteiger charge is -2.12. The van der Waals surface area contributed by atoms with E-state index in [2.05, 4.69) is 5.32 Å². The SMILES string of the molecule is CS(=O)(=O)CCC(N)C(=O)Nc1ccc(Cl)cc1[N+](=O)[O-]. The molecule has 0 bridgehead atoms. The number of nitro groups is 1. The largest absolute Gasteiger partial charge is 0.320 e. The van der Waals surface area contributed by atoms with E-state index in [1.165, 1.54) is 12.1 Å². The molecule has 1 amide bonds. The van der Waals surface area contributed by atoms with Gasteiger partial charge in [-0.25, -0.2) is 8.42 Å². The number of amides is 1. The van der Waals surface area contributed by atoms with Gasteiger partial charge in [-0.2, -0.15) is 0 Å². The van der Waals surface area contributed by atoms with Crippen molar-refractivity contribution in [1.82, 2.24) is 0 Å². The first kappa shape index (κ1) is 17.3. The van der Waals surface area contributed by atoms with Crippen LogP contribution in [0, 0.1) is 10.1 Å². The molecule has 0 aromatic heterocycles. The number of sulfone groups is 1. The first-order valence-corrected chi connectivity index (χ1v) is 8.22. The first-order chi connectivity index (χ1) is 9.60. The monoisotopic (exact) mass is 335 g/mol. The lowest BCUT2D eigenvalue weighted by Crippen LogP contribution is -2.37. The molecule has 0 spiro atoms. The number of benzene rings is 1. The van der Waals surface area contributed by atoms with Gasteiger partial charge in [0.05, 0.1) is 16.7 Å². The van der Waals surface area contributed by atoms with Crippen LogP contribution in [0.3, 0.4) is 0 Å². The van der Waals surface area contributed by atoms with E-state index in [0.717, 1.165) is 12.3 Å². The number of hydrogen-bond donors (Lipinski definition) is 2. The molecule has 0 radical (unpaired) electrons. The first-order valence-electron chi connectivity index (χ1n) is 5.78. The Bertz CT molecular complexity index is 662. The normalized spacial score (nSPS) is 12.7. The summed E-state index contributed by atoms with van der Waals surface area (Å²) in [6.07, 6.45) is 0.952. The number of carbonyl (C=O) groups is 1. The quantitative estimate of drug-likeness (QED) is 0.587. The van der Waals surface area contributed by atoms with E-state index in [4.69, 9.17) is 17.3 Å². The molecule has 0 aliphatic carbocycles. The van der Waals surface area contributed by atoms with Crippen molar-refractivity contribution in [3.8, 4) is 0 Å². The van der Waals surface area contributed by atoms with Gasteiger partial charge in [0.2, 0.25) is 5.91 Å². The van der Waals surface area contributed by atoms with Crippen molar-refractivity contribution in [2.24, 2.45) is 5.73 Å². The van der Waals surface area contributed by atoms with Crippen LogP contribution in [0.1, 0.15) is 6.42 Å². The second kappa shape index (κ2) is 6.83. The second-order valence-corrected chi connectivity index (χ2v) is 7.13. The lowest BCUT2D eigenvalue weighted by molar-refractivity contribution is -0.383. The number of hydrogen-bond acceptors (Lipinski definition) is 6. The number of halogens is 1. The van der Waals surface area contributed by atoms with Gasteiger partial charge in [-0.3, -0.25) is 14.9 Å². The molecule has 1 aromatic rings. The van der Waals surface area contributed by atoms with Gasteiger partial charge in [0.1, 0.15) is 15.5 Å². The number of nitrogens with one attached hydrogen (secondary N) is 1. The van der Waals surface area contributed by atoms with Gasteiger partial charge in [0.15, 0.2) is 0 Å². The van der Waals surface area contributed by atoms with E-state index in [1.807, 2.05) is 0 Å². The van der Waals surface area contributed by atoms with Gasteiger partial charge in [-0.15, -0.1) is 0 Å². The third kappa shape index (κ3) is 5.66. The predicted molar refractivity (Wildman–Crippen MR) is 79.0 cm³/mol. The summed E-state index contributed by atoms with van der Waals surface area (Å²) in [5.41, 5.74) is 5.13. The zero-order valence-corrected chi connectivity index (χ0v) is 12.6. The molecule has 1 aromatic carbocycles. The van der Waals surface area contributed by atoms with Crippen LogP contribution in [0.4, 0.5) is 11.4 Å². The molecular weight excluding hydrogens is 322 g/mol. The van der Waals surface area contributed by atoms with Gasteiger partial charge < -0.3 is 11.1 Å². The Labute approximate surface area is 126 Å². The van der Waals surface area contributed by atoms with Crippen LogP contribution < -0.4 is 11.1 Å². The molecule has 8 nitrogen and oxygen atoms in total. The molecule has 0 saturated heterocycles. The average Bonchev–Trinajstić information content (AvgIpc) is 2.36. The smallest absolute Gasteiger partial charge is 0.294 e. The van der Waals surface area contributed by atoms with E-state index >= 15 is 0 Å². The maximum absolute atomic E-state index is 11.8. The summed E-state index contributed by atoms with van der Waals surface area (Å²) >= 11 is 5.65. The van der Waals surface area contributed by atoms with Crippen molar-refractivity contribution < 1.29 is 18.1 Å². The third-order valence-electron chi connectivity index (χ3n) is 2.55. The molecule has 0 fully saturated rings. The summed E-state index contributed by atoms with van der Waals surface area (Å²) in [6, 6.07) is 2.67. The van der Waals surface area contributed by atoms with Crippen molar-refractivity contribution in [2.75, 3.05) is 17.3 Å². The maximum atomic E-state index is 11.8. The number of anilines is 1. The van der Waals surface area contributed by atoms with Crippen LogP contribution in [-0.4, -0.2) is 37.3 Å². The molecule has 0 saturated carbocycles. The minimum Gasteiger partial charge on any atom is -0.320 e. The summed E-state index contributed by atoms with van der Waals surface area (Å²) in [4.78, 5) is 22.0. The van der Waals surface area contributed by atoms with Crippen LogP contribution >= 0.6 is 11.6 Å². The minimum atomic E-state index is -3.24. The van der Waals surface area contributed by atoms with Crippen LogP contribution in [0.2, 0.25) is 5.02 Å². The summed E-state index contributed by atoms with van der Waals surface area (Å²) < 4.78 is 22.0. The van der Waals surface area contributed by atoms with Gasteiger partial charge in [0, 0.05) is 17.3 Å². The van der Waals surface area contributed by atoms with E-state index in [0.29, 0.717) is 0 Å². The zero-order chi connectivity index (χ0) is 16.2. The predicted octanol–water partition coefficient (Wildman–Crippen LogP) is 0.949. The van der Waals surface area contributed by atoms with Crippen LogP contribution in [0.25, 0.3) is 0 Å². The Morgan fingerprint density at radius 2 is 2.14 bits per heavy atom. The van der Waals surface area contributed by atoms with Gasteiger partial charge >= 0.3 is 0 Å². The Balaban J connectivity index is 2.81. The number of nitrogens with two attached hydrogens (primary N) is 1. The highest BCUT2D eigenvalue weighted by Gasteiger charge is 2.20. The fraction of sp³-hybridized carbons (Fsp3) is 0.364. The van der Waals surface area contributed by atoms with Gasteiger partial charge in [-0.1, -0.05) is 11.6 Å². The zero-order valence-electron chi connectivity index (χ0n) is 11.1. The second-order valence-electron chi connectivity index (χ2n) is 4.43. The van der Waals surface area contributed by atoms with Gasteiger partial charge in [0.25, 0.3) is 5.69 Å². The van der Waals surface area contributed by atoms with Crippen LogP contribution in [0.15, 0.2) is 18.2 Å². The Hall–Kier alpha value is -1.71. The molecule has 116 valence electrons. The Morgan fingerprint density at radius 1 is 1.52 bits per heavy atom. The standard InChI is InChI=1S/C11H14ClN3O5S/c1-21(19,20)5-4-8(13)11(16)14-9-3-2-7(12)6-10(9)15(17)18/h2-3,6,8H,4-5,13H2,1H3,(H,14,16). The third-order valence-corrected chi connectivity index (χ3v) is 3.76. The molecule has 1 rings (SSSR count). The van der Waals surface area contributed by atoms with E-state index in [9.17, 15) is 23.3 Å². The van der Waals surface area contributed by atoms with E-state index < -0.39 is 26.7 Å². The fourth-order valence-corrected chi connectivity index (χ4v) is 2.31. The van der Waals surface area contributed by atoms with Gasteiger partial charge in [-0.05, 0) is 18.6 Å². The minimum absolute atomic E-state index is 0.0517. The molecule has 10 heteroatoms. The molecule has 3 N–H and O–H groups in total. The van der Waals surface area contributed by atoms with Crippen molar-refractivity contribution in [1.29, 1.82) is 0 Å². The topological polar surface area (TPSA) is 132 Å². The van der Waals surface area contributed by atoms with Crippen molar-refractivity contribution >= 4 is 38.7 Å². The Morgan fingerprint density at radius 3 is 2.67 bits per heavy atom. The number of nitrogens with zero attached hydrogens (tertiary/aromatic N) is 1. The summed E-state index contributed by atoms with van der Waals surface area (Å²) in [7, 11) is -3.24. The van der Waals surface area contributed by atoms with Crippen LogP contribution in [-0.2, 0) is 14.6 Å². The van der Waals surface area contributed by atoms with E-state index in [-0.39, 0.29) is 28.6 Å². The molecule has 1 atom stereocenters. The average molecular weight is 336 g/mol. The highest BCUT2D eigenvalue weighted by atomic mass is 35.5. The molecule has 21 heavy (non-hydrogen) atoms. The van der Waals surface area contributed by atoms with Crippen molar-refractivity contribution in [2.45, 2.75) is 12.5 Å². The summed E-state index contributed by atoms with van der Waals surface area (Å²) in [5.74, 6) is -0.950. The van der Waals surface area contributed by atoms with Crippen molar-refractivity contribution in [3.05, 3.63) is 33.3 Å². The number of nitro benzene ring substituents is 1. The maximum Gasteiger partial charge on any atom is 0.294 e. The van der Waals surface area contributed by atoms with Crippen LogP contribution in [0.5, 0.6) is 0 Å². The molecule has 0 heterocycles. The fourth-order valence-electron chi connectivity index (χ4n) is 1.46. The summed E-state index contributed by atoms with van der Waals surface area (Å²) in [6.45, 7) is 0. The van der Waals surface area contributed by atoms with Crippen molar-refractivity contribution in [3.63, 3.8) is 0 Å². The Kier molecular flexibility index (Phi) is 5.64. The highest BCUT2D eigenvalue weighted by Crippen LogP contribution is 2.27. The lowest BCUT2D eigenvalue weighted by atomic mass is 10.2. The number of rotatable bonds is 6.